The van der Waals surface area contributed by atoms with Crippen molar-refractivity contribution >= 4 is 34.0 Å². The summed E-state index contributed by atoms with van der Waals surface area (Å²) >= 11 is 1.29. The Labute approximate surface area is 171 Å². The smallest absolute Gasteiger partial charge is 0.269 e. The predicted molar refractivity (Wildman–Crippen MR) is 112 cm³/mol. The molecule has 3 aromatic rings. The zero-order valence-electron chi connectivity index (χ0n) is 16.2. The van der Waals surface area contributed by atoms with Crippen molar-refractivity contribution in [3.63, 3.8) is 0 Å². The maximum absolute atomic E-state index is 13.0. The van der Waals surface area contributed by atoms with Gasteiger partial charge in [0, 0.05) is 23.6 Å². The summed E-state index contributed by atoms with van der Waals surface area (Å²) in [5.74, 6) is -0.490. The first kappa shape index (κ1) is 20.5. The van der Waals surface area contributed by atoms with Crippen LogP contribution in [0.25, 0.3) is 11.3 Å². The molecule has 0 aliphatic rings. The van der Waals surface area contributed by atoms with Gasteiger partial charge < -0.3 is 10.1 Å². The van der Waals surface area contributed by atoms with E-state index in [1.54, 1.807) is 26.0 Å². The Bertz CT molecular complexity index is 1010. The van der Waals surface area contributed by atoms with Gasteiger partial charge in [0.25, 0.3) is 5.91 Å². The van der Waals surface area contributed by atoms with E-state index in [1.165, 1.54) is 42.5 Å². The van der Waals surface area contributed by atoms with Crippen molar-refractivity contribution in [1.82, 2.24) is 4.98 Å². The number of benzene rings is 2. The molecule has 1 heterocycles. The lowest BCUT2D eigenvalue weighted by Gasteiger charge is -2.24. The number of rotatable bonds is 6. The minimum Gasteiger partial charge on any atom is -0.478 e. The van der Waals surface area contributed by atoms with Gasteiger partial charge in [-0.1, -0.05) is 12.1 Å². The molecular weight excluding hydrogens is 393 g/mol. The molecule has 0 aliphatic carbocycles. The fraction of sp³-hybridized carbons (Fsp3) is 0.190. The quantitative estimate of drug-likeness (QED) is 0.614. The molecule has 0 fully saturated rings. The van der Waals surface area contributed by atoms with E-state index in [2.05, 4.69) is 15.6 Å². The summed E-state index contributed by atoms with van der Waals surface area (Å²) in [4.78, 5) is 28.1. The van der Waals surface area contributed by atoms with Gasteiger partial charge in [-0.05, 0) is 50.2 Å². The maximum atomic E-state index is 13.0. The van der Waals surface area contributed by atoms with E-state index >= 15 is 0 Å². The van der Waals surface area contributed by atoms with Gasteiger partial charge >= 0.3 is 0 Å². The third-order valence-corrected chi connectivity index (χ3v) is 4.72. The zero-order chi connectivity index (χ0) is 21.0. The lowest BCUT2D eigenvalue weighted by atomic mass is 10.1. The minimum absolute atomic E-state index is 0.137. The normalized spacial score (nSPS) is 11.0. The Morgan fingerprint density at radius 3 is 2.31 bits per heavy atom. The Balaban J connectivity index is 1.66. The molecule has 0 unspecified atom stereocenters. The van der Waals surface area contributed by atoms with Crippen molar-refractivity contribution in [3.8, 4) is 17.0 Å². The molecule has 0 saturated heterocycles. The van der Waals surface area contributed by atoms with Crippen LogP contribution in [0.3, 0.4) is 0 Å². The fourth-order valence-electron chi connectivity index (χ4n) is 2.48. The minimum atomic E-state index is -1.18. The van der Waals surface area contributed by atoms with E-state index < -0.39 is 5.60 Å². The van der Waals surface area contributed by atoms with E-state index in [-0.39, 0.29) is 17.6 Å². The van der Waals surface area contributed by atoms with Gasteiger partial charge in [0.1, 0.15) is 11.6 Å². The number of nitrogens with one attached hydrogen (secondary N) is 2. The Hall–Kier alpha value is -3.26. The van der Waals surface area contributed by atoms with Crippen LogP contribution in [0.5, 0.6) is 5.75 Å². The molecule has 2 aromatic carbocycles. The van der Waals surface area contributed by atoms with Gasteiger partial charge in [0.2, 0.25) is 5.91 Å². The molecule has 29 heavy (non-hydrogen) atoms. The number of carbonyl (C=O) groups is 2. The highest BCUT2D eigenvalue weighted by Gasteiger charge is 2.30. The second-order valence-electron chi connectivity index (χ2n) is 6.82. The van der Waals surface area contributed by atoms with Crippen LogP contribution in [-0.2, 0) is 9.59 Å². The van der Waals surface area contributed by atoms with Crippen molar-refractivity contribution in [2.24, 2.45) is 0 Å². The van der Waals surface area contributed by atoms with Gasteiger partial charge in [-0.3, -0.25) is 14.9 Å². The first-order valence-corrected chi connectivity index (χ1v) is 9.70. The van der Waals surface area contributed by atoms with Crippen LogP contribution >= 0.6 is 11.3 Å². The van der Waals surface area contributed by atoms with Crippen molar-refractivity contribution in [2.75, 3.05) is 10.6 Å². The topological polar surface area (TPSA) is 80.3 Å². The highest BCUT2D eigenvalue weighted by Crippen LogP contribution is 2.27. The van der Waals surface area contributed by atoms with Crippen LogP contribution in [0.2, 0.25) is 0 Å². The highest BCUT2D eigenvalue weighted by molar-refractivity contribution is 7.14. The monoisotopic (exact) mass is 413 g/mol. The summed E-state index contributed by atoms with van der Waals surface area (Å²) in [6, 6.07) is 12.7. The fourth-order valence-corrected chi connectivity index (χ4v) is 3.20. The summed E-state index contributed by atoms with van der Waals surface area (Å²) < 4.78 is 18.7. The lowest BCUT2D eigenvalue weighted by molar-refractivity contribution is -0.128. The predicted octanol–water partition coefficient (Wildman–Crippen LogP) is 4.70. The molecular formula is C21H20FN3O3S. The Morgan fingerprint density at radius 2 is 1.69 bits per heavy atom. The average molecular weight is 413 g/mol. The molecule has 0 radical (unpaired) electrons. The number of anilines is 2. The number of halogens is 1. The van der Waals surface area contributed by atoms with Gasteiger partial charge in [-0.25, -0.2) is 9.37 Å². The molecule has 0 spiro atoms. The molecule has 0 aliphatic heterocycles. The summed E-state index contributed by atoms with van der Waals surface area (Å²) in [6.45, 7) is 4.70. The van der Waals surface area contributed by atoms with Crippen LogP contribution in [0.15, 0.2) is 53.9 Å². The molecule has 0 saturated carbocycles. The van der Waals surface area contributed by atoms with Gasteiger partial charge in [-0.2, -0.15) is 0 Å². The molecule has 0 bridgehead atoms. The average Bonchev–Trinajstić information content (AvgIpc) is 3.12. The SMILES string of the molecule is CC(=O)Nc1ccc(-c2csc(NC(=O)C(C)(C)Oc3ccc(F)cc3)n2)cc1. The lowest BCUT2D eigenvalue weighted by Crippen LogP contribution is -2.42. The van der Waals surface area contributed by atoms with E-state index in [0.717, 1.165) is 5.56 Å². The third-order valence-electron chi connectivity index (χ3n) is 3.96. The first-order valence-electron chi connectivity index (χ1n) is 8.82. The summed E-state index contributed by atoms with van der Waals surface area (Å²) in [7, 11) is 0. The number of carbonyl (C=O) groups excluding carboxylic acids is 2. The Morgan fingerprint density at radius 1 is 1.03 bits per heavy atom. The summed E-state index contributed by atoms with van der Waals surface area (Å²) in [6.07, 6.45) is 0. The third kappa shape index (κ3) is 5.39. The summed E-state index contributed by atoms with van der Waals surface area (Å²) in [5, 5.41) is 7.73. The second kappa shape index (κ2) is 8.40. The number of hydrogen-bond donors (Lipinski definition) is 2. The van der Waals surface area contributed by atoms with Gasteiger partial charge in [0.05, 0.1) is 5.69 Å². The van der Waals surface area contributed by atoms with E-state index in [4.69, 9.17) is 4.74 Å². The van der Waals surface area contributed by atoms with Gasteiger partial charge in [-0.15, -0.1) is 11.3 Å². The van der Waals surface area contributed by atoms with Crippen LogP contribution in [0, 0.1) is 5.82 Å². The van der Waals surface area contributed by atoms with Crippen LogP contribution in [0.1, 0.15) is 20.8 Å². The number of hydrogen-bond acceptors (Lipinski definition) is 5. The van der Waals surface area contributed by atoms with Crippen molar-refractivity contribution in [3.05, 3.63) is 59.7 Å². The van der Waals surface area contributed by atoms with E-state index in [1.807, 2.05) is 17.5 Å². The van der Waals surface area contributed by atoms with Crippen LogP contribution < -0.4 is 15.4 Å². The zero-order valence-corrected chi connectivity index (χ0v) is 17.0. The number of nitrogens with zero attached hydrogens (tertiary/aromatic N) is 1. The van der Waals surface area contributed by atoms with Crippen molar-refractivity contribution in [2.45, 2.75) is 26.4 Å². The Kier molecular flexibility index (Phi) is 5.93. The highest BCUT2D eigenvalue weighted by atomic mass is 32.1. The molecule has 2 N–H and O–H groups in total. The molecule has 3 rings (SSSR count). The number of aromatic nitrogens is 1. The molecule has 150 valence electrons. The number of thiazole rings is 1. The van der Waals surface area contributed by atoms with Crippen molar-refractivity contribution < 1.29 is 18.7 Å². The molecule has 0 atom stereocenters. The molecule has 6 nitrogen and oxygen atoms in total. The molecule has 8 heteroatoms. The van der Waals surface area contributed by atoms with Gasteiger partial charge in [0.15, 0.2) is 10.7 Å². The summed E-state index contributed by atoms with van der Waals surface area (Å²) in [5.41, 5.74) is 1.09. The maximum Gasteiger partial charge on any atom is 0.269 e. The van der Waals surface area contributed by atoms with Crippen LogP contribution in [-0.4, -0.2) is 22.4 Å². The standard InChI is InChI=1S/C21H20FN3O3S/c1-13(26)23-16-8-4-14(5-9-16)18-12-29-20(24-18)25-19(27)21(2,3)28-17-10-6-15(22)7-11-17/h4-12H,1-3H3,(H,23,26)(H,24,25,27). The van der Waals surface area contributed by atoms with Crippen LogP contribution in [0.4, 0.5) is 15.2 Å². The largest absolute Gasteiger partial charge is 0.478 e. The van der Waals surface area contributed by atoms with Crippen molar-refractivity contribution in [1.29, 1.82) is 0 Å². The first-order chi connectivity index (χ1) is 13.7. The van der Waals surface area contributed by atoms with E-state index in [9.17, 15) is 14.0 Å². The molecule has 1 aromatic heterocycles. The molecule has 2 amide bonds. The number of ether oxygens (including phenoxy) is 1. The second-order valence-corrected chi connectivity index (χ2v) is 7.67. The van der Waals surface area contributed by atoms with E-state index in [0.29, 0.717) is 22.3 Å². The number of amides is 2.